The van der Waals surface area contributed by atoms with Crippen molar-refractivity contribution in [2.45, 2.75) is 38.9 Å². The van der Waals surface area contributed by atoms with Gasteiger partial charge < -0.3 is 23.9 Å². The van der Waals surface area contributed by atoms with E-state index >= 15 is 0 Å². The molecule has 1 heterocycles. The fourth-order valence-corrected chi connectivity index (χ4v) is 2.32. The third-order valence-corrected chi connectivity index (χ3v) is 4.52. The number of hydrogen-bond donors (Lipinski definition) is 1. The average molecular weight is 320 g/mol. The maximum Gasteiger partial charge on any atom is 0.492 e. The quantitative estimate of drug-likeness (QED) is 0.846. The van der Waals surface area contributed by atoms with Gasteiger partial charge in [-0.1, -0.05) is 6.08 Å². The molecule has 0 atom stereocenters. The number of methoxy groups -OCH3 is 2. The lowest BCUT2D eigenvalue weighted by Gasteiger charge is -2.32. The van der Waals surface area contributed by atoms with Crippen molar-refractivity contribution in [1.82, 2.24) is 0 Å². The number of aliphatic hydroxyl groups is 1. The van der Waals surface area contributed by atoms with Crippen LogP contribution in [0.2, 0.25) is 0 Å². The first-order valence-electron chi connectivity index (χ1n) is 7.63. The molecule has 1 aliphatic rings. The van der Waals surface area contributed by atoms with Crippen LogP contribution in [0.3, 0.4) is 0 Å². The van der Waals surface area contributed by atoms with Gasteiger partial charge in [0, 0.05) is 11.6 Å². The standard InChI is InChI=1S/C17H25BO5/c1-16(2)17(3,4)23-18(22-16)13(11-19)9-12-7-8-14(20-5)10-15(12)21-6/h7-10,19H,11H2,1-6H3. The van der Waals surface area contributed by atoms with Crippen LogP contribution in [0, 0.1) is 0 Å². The maximum absolute atomic E-state index is 9.76. The summed E-state index contributed by atoms with van der Waals surface area (Å²) in [4.78, 5) is 0. The third kappa shape index (κ3) is 3.55. The van der Waals surface area contributed by atoms with Gasteiger partial charge in [-0.2, -0.15) is 0 Å². The molecule has 1 fully saturated rings. The zero-order valence-corrected chi connectivity index (χ0v) is 14.7. The summed E-state index contributed by atoms with van der Waals surface area (Å²) in [6.45, 7) is 7.77. The van der Waals surface area contributed by atoms with E-state index in [0.29, 0.717) is 17.0 Å². The Bertz CT molecular complexity index is 579. The van der Waals surface area contributed by atoms with Crippen LogP contribution in [0.5, 0.6) is 11.5 Å². The predicted octanol–water partition coefficient (Wildman–Crippen LogP) is 2.71. The largest absolute Gasteiger partial charge is 0.497 e. The lowest BCUT2D eigenvalue weighted by Crippen LogP contribution is -2.41. The van der Waals surface area contributed by atoms with Crippen LogP contribution in [0.4, 0.5) is 0 Å². The van der Waals surface area contributed by atoms with E-state index in [4.69, 9.17) is 18.8 Å². The van der Waals surface area contributed by atoms with Gasteiger partial charge in [-0.3, -0.25) is 0 Å². The number of benzene rings is 1. The number of hydrogen-bond acceptors (Lipinski definition) is 5. The second-order valence-corrected chi connectivity index (χ2v) is 6.57. The first-order valence-corrected chi connectivity index (χ1v) is 7.63. The molecular weight excluding hydrogens is 295 g/mol. The monoisotopic (exact) mass is 320 g/mol. The predicted molar refractivity (Wildman–Crippen MR) is 90.7 cm³/mol. The highest BCUT2D eigenvalue weighted by Crippen LogP contribution is 2.39. The van der Waals surface area contributed by atoms with Gasteiger partial charge >= 0.3 is 7.12 Å². The molecule has 0 bridgehead atoms. The molecular formula is C17H25BO5. The van der Waals surface area contributed by atoms with Gasteiger partial charge in [0.2, 0.25) is 0 Å². The highest BCUT2D eigenvalue weighted by atomic mass is 16.7. The van der Waals surface area contributed by atoms with Crippen LogP contribution < -0.4 is 9.47 Å². The smallest absolute Gasteiger partial charge is 0.492 e. The number of aliphatic hydroxyl groups excluding tert-OH is 1. The fraction of sp³-hybridized carbons (Fsp3) is 0.529. The summed E-state index contributed by atoms with van der Waals surface area (Å²) in [6.07, 6.45) is 1.83. The molecule has 1 aromatic carbocycles. The van der Waals surface area contributed by atoms with Crippen LogP contribution in [-0.2, 0) is 9.31 Å². The Morgan fingerprint density at radius 1 is 1.13 bits per heavy atom. The summed E-state index contributed by atoms with van der Waals surface area (Å²) < 4.78 is 22.6. The van der Waals surface area contributed by atoms with Crippen molar-refractivity contribution >= 4 is 13.2 Å². The normalized spacial score (nSPS) is 19.8. The molecule has 0 aliphatic carbocycles. The number of ether oxygens (including phenoxy) is 2. The summed E-state index contributed by atoms with van der Waals surface area (Å²) in [5, 5.41) is 9.76. The van der Waals surface area contributed by atoms with E-state index in [1.807, 2.05) is 45.9 Å². The van der Waals surface area contributed by atoms with Gasteiger partial charge in [0.1, 0.15) is 11.5 Å². The Morgan fingerprint density at radius 2 is 1.74 bits per heavy atom. The van der Waals surface area contributed by atoms with Crippen LogP contribution in [0.1, 0.15) is 33.3 Å². The molecule has 1 aromatic rings. The first kappa shape index (κ1) is 17.9. The molecule has 0 unspecified atom stereocenters. The molecule has 0 saturated carbocycles. The van der Waals surface area contributed by atoms with E-state index in [2.05, 4.69) is 0 Å². The van der Waals surface area contributed by atoms with Crippen LogP contribution in [0.25, 0.3) is 6.08 Å². The van der Waals surface area contributed by atoms with Gasteiger partial charge in [-0.25, -0.2) is 0 Å². The van der Waals surface area contributed by atoms with E-state index in [9.17, 15) is 5.11 Å². The fourth-order valence-electron chi connectivity index (χ4n) is 2.32. The van der Waals surface area contributed by atoms with Crippen molar-refractivity contribution in [2.75, 3.05) is 20.8 Å². The van der Waals surface area contributed by atoms with E-state index < -0.39 is 18.3 Å². The van der Waals surface area contributed by atoms with Gasteiger partial charge in [0.15, 0.2) is 0 Å². The Balaban J connectivity index is 2.33. The Morgan fingerprint density at radius 3 is 2.22 bits per heavy atom. The average Bonchev–Trinajstić information content (AvgIpc) is 2.72. The Labute approximate surface area is 138 Å². The molecule has 1 N–H and O–H groups in total. The summed E-state index contributed by atoms with van der Waals surface area (Å²) >= 11 is 0. The molecule has 6 heteroatoms. The zero-order chi connectivity index (χ0) is 17.3. The van der Waals surface area contributed by atoms with Crippen molar-refractivity contribution in [3.8, 4) is 11.5 Å². The van der Waals surface area contributed by atoms with Crippen LogP contribution in [-0.4, -0.2) is 44.3 Å². The summed E-state index contributed by atoms with van der Waals surface area (Å²) in [7, 11) is 2.62. The summed E-state index contributed by atoms with van der Waals surface area (Å²) in [5.74, 6) is 1.37. The van der Waals surface area contributed by atoms with Gasteiger partial charge in [0.05, 0.1) is 32.0 Å². The van der Waals surface area contributed by atoms with Crippen molar-refractivity contribution in [2.24, 2.45) is 0 Å². The highest BCUT2D eigenvalue weighted by Gasteiger charge is 2.52. The molecule has 2 rings (SSSR count). The second kappa shape index (κ2) is 6.55. The minimum atomic E-state index is -0.586. The molecule has 126 valence electrons. The molecule has 0 radical (unpaired) electrons. The zero-order valence-electron chi connectivity index (χ0n) is 14.7. The summed E-state index contributed by atoms with van der Waals surface area (Å²) in [5.41, 5.74) is 0.574. The molecule has 23 heavy (non-hydrogen) atoms. The molecule has 0 aromatic heterocycles. The SMILES string of the molecule is COc1ccc(C=C(CO)B2OC(C)(C)C(C)(C)O2)c(OC)c1. The molecule has 0 amide bonds. The Kier molecular flexibility index (Phi) is 5.09. The molecule has 1 aliphatic heterocycles. The van der Waals surface area contributed by atoms with Gasteiger partial charge in [-0.05, 0) is 45.3 Å². The van der Waals surface area contributed by atoms with Crippen molar-refractivity contribution in [1.29, 1.82) is 0 Å². The van der Waals surface area contributed by atoms with Crippen molar-refractivity contribution in [3.63, 3.8) is 0 Å². The Hall–Kier alpha value is -1.50. The van der Waals surface area contributed by atoms with Gasteiger partial charge in [-0.15, -0.1) is 0 Å². The van der Waals surface area contributed by atoms with E-state index in [1.54, 1.807) is 20.3 Å². The second-order valence-electron chi connectivity index (χ2n) is 6.57. The van der Waals surface area contributed by atoms with Crippen LogP contribution in [0.15, 0.2) is 23.7 Å². The molecule has 5 nitrogen and oxygen atoms in total. The first-order chi connectivity index (χ1) is 10.7. The molecule has 0 spiro atoms. The van der Waals surface area contributed by atoms with E-state index in [0.717, 1.165) is 5.56 Å². The minimum absolute atomic E-state index is 0.161. The lowest BCUT2D eigenvalue weighted by atomic mass is 9.77. The third-order valence-electron chi connectivity index (χ3n) is 4.52. The minimum Gasteiger partial charge on any atom is -0.497 e. The molecule has 1 saturated heterocycles. The number of rotatable bonds is 5. The van der Waals surface area contributed by atoms with E-state index in [-0.39, 0.29) is 6.61 Å². The van der Waals surface area contributed by atoms with Crippen LogP contribution >= 0.6 is 0 Å². The van der Waals surface area contributed by atoms with Gasteiger partial charge in [0.25, 0.3) is 0 Å². The maximum atomic E-state index is 9.76. The summed E-state index contributed by atoms with van der Waals surface area (Å²) in [6, 6.07) is 5.51. The lowest BCUT2D eigenvalue weighted by molar-refractivity contribution is 0.00578. The van der Waals surface area contributed by atoms with Crippen molar-refractivity contribution in [3.05, 3.63) is 29.2 Å². The van der Waals surface area contributed by atoms with Crippen molar-refractivity contribution < 1.29 is 23.9 Å². The topological polar surface area (TPSA) is 57.2 Å². The van der Waals surface area contributed by atoms with E-state index in [1.165, 1.54) is 0 Å². The highest BCUT2D eigenvalue weighted by molar-refractivity contribution is 6.55.